The Morgan fingerprint density at radius 2 is 2.08 bits per heavy atom. The summed E-state index contributed by atoms with van der Waals surface area (Å²) >= 11 is 0. The monoisotopic (exact) mass is 350 g/mol. The van der Waals surface area contributed by atoms with Crippen molar-refractivity contribution < 1.29 is 13.9 Å². The van der Waals surface area contributed by atoms with Gasteiger partial charge < -0.3 is 14.5 Å². The van der Waals surface area contributed by atoms with E-state index in [0.29, 0.717) is 17.4 Å². The third kappa shape index (κ3) is 4.30. The number of nitrogens with zero attached hydrogens (tertiary/aromatic N) is 1. The van der Waals surface area contributed by atoms with Crippen LogP contribution >= 0.6 is 0 Å². The van der Waals surface area contributed by atoms with E-state index in [1.54, 1.807) is 6.20 Å². The highest BCUT2D eigenvalue weighted by molar-refractivity contribution is 5.92. The highest BCUT2D eigenvalue weighted by Gasteiger charge is 2.09. The van der Waals surface area contributed by atoms with E-state index >= 15 is 0 Å². The van der Waals surface area contributed by atoms with Crippen molar-refractivity contribution in [1.82, 2.24) is 4.98 Å². The average Bonchev–Trinajstić information content (AvgIpc) is 3.16. The lowest BCUT2D eigenvalue weighted by Gasteiger charge is -2.13. The van der Waals surface area contributed by atoms with Gasteiger partial charge in [-0.15, -0.1) is 0 Å². The van der Waals surface area contributed by atoms with E-state index in [1.165, 1.54) is 12.0 Å². The van der Waals surface area contributed by atoms with Gasteiger partial charge in [-0.25, -0.2) is 4.98 Å². The molecule has 5 heteroatoms. The largest absolute Gasteiger partial charge is 0.483 e. The van der Waals surface area contributed by atoms with Crippen LogP contribution in [0.3, 0.4) is 0 Å². The number of aryl methyl sites for hydroxylation is 1. The number of rotatable bonds is 6. The Hall–Kier alpha value is -3.08. The van der Waals surface area contributed by atoms with Crippen molar-refractivity contribution in [2.75, 3.05) is 11.9 Å². The van der Waals surface area contributed by atoms with Crippen molar-refractivity contribution in [3.8, 4) is 17.1 Å². The maximum Gasteiger partial charge on any atom is 0.262 e. The van der Waals surface area contributed by atoms with Crippen LogP contribution in [0.1, 0.15) is 30.9 Å². The molecule has 1 heterocycles. The zero-order chi connectivity index (χ0) is 18.5. The van der Waals surface area contributed by atoms with E-state index in [0.717, 1.165) is 16.9 Å². The van der Waals surface area contributed by atoms with Crippen LogP contribution < -0.4 is 10.1 Å². The molecule has 134 valence electrons. The average molecular weight is 350 g/mol. The molecule has 1 aromatic heterocycles. The van der Waals surface area contributed by atoms with Crippen LogP contribution in [0.5, 0.6) is 5.75 Å². The summed E-state index contributed by atoms with van der Waals surface area (Å²) in [4.78, 5) is 16.1. The molecule has 0 aliphatic rings. The van der Waals surface area contributed by atoms with Gasteiger partial charge in [-0.2, -0.15) is 0 Å². The molecule has 0 atom stereocenters. The highest BCUT2D eigenvalue weighted by Crippen LogP contribution is 2.25. The molecule has 0 saturated heterocycles. The summed E-state index contributed by atoms with van der Waals surface area (Å²) in [5, 5.41) is 2.85. The van der Waals surface area contributed by atoms with Crippen LogP contribution in [0.4, 0.5) is 5.69 Å². The summed E-state index contributed by atoms with van der Waals surface area (Å²) in [7, 11) is 0. The second-order valence-corrected chi connectivity index (χ2v) is 6.46. The summed E-state index contributed by atoms with van der Waals surface area (Å²) in [6.45, 7) is 6.18. The Morgan fingerprint density at radius 1 is 1.23 bits per heavy atom. The molecule has 26 heavy (non-hydrogen) atoms. The van der Waals surface area contributed by atoms with E-state index in [2.05, 4.69) is 30.2 Å². The van der Waals surface area contributed by atoms with Gasteiger partial charge in [0.05, 0.1) is 6.20 Å². The van der Waals surface area contributed by atoms with Gasteiger partial charge in [0, 0.05) is 11.3 Å². The summed E-state index contributed by atoms with van der Waals surface area (Å²) in [6.07, 6.45) is 3.01. The molecule has 0 unspecified atom stereocenters. The SMILES string of the molecule is Cc1ccc(C(C)C)cc1OCC(=O)Nc1cccc(-c2cnco2)c1. The standard InChI is InChI=1S/C21H22N2O3/c1-14(2)16-8-7-15(3)19(10-16)25-12-21(24)23-18-6-4-5-17(9-18)20-11-22-13-26-20/h4-11,13-14H,12H2,1-3H3,(H,23,24). The molecule has 5 nitrogen and oxygen atoms in total. The molecule has 0 radical (unpaired) electrons. The Morgan fingerprint density at radius 3 is 2.81 bits per heavy atom. The van der Waals surface area contributed by atoms with Crippen LogP contribution in [0.25, 0.3) is 11.3 Å². The van der Waals surface area contributed by atoms with E-state index in [9.17, 15) is 4.79 Å². The first-order valence-corrected chi connectivity index (χ1v) is 8.55. The predicted molar refractivity (Wildman–Crippen MR) is 101 cm³/mol. The first-order chi connectivity index (χ1) is 12.5. The zero-order valence-electron chi connectivity index (χ0n) is 15.2. The molecule has 0 aliphatic carbocycles. The quantitative estimate of drug-likeness (QED) is 0.694. The third-order valence-electron chi connectivity index (χ3n) is 4.10. The molecule has 0 bridgehead atoms. The first-order valence-electron chi connectivity index (χ1n) is 8.55. The number of carbonyl (C=O) groups excluding carboxylic acids is 1. The number of nitrogens with one attached hydrogen (secondary N) is 1. The van der Waals surface area contributed by atoms with Gasteiger partial charge in [-0.05, 0) is 42.2 Å². The lowest BCUT2D eigenvalue weighted by atomic mass is 10.0. The van der Waals surface area contributed by atoms with Gasteiger partial charge in [0.15, 0.2) is 18.8 Å². The van der Waals surface area contributed by atoms with Gasteiger partial charge in [0.25, 0.3) is 5.91 Å². The summed E-state index contributed by atoms with van der Waals surface area (Å²) in [5.41, 5.74) is 3.72. The minimum absolute atomic E-state index is 0.0467. The molecule has 2 aromatic carbocycles. The van der Waals surface area contributed by atoms with Crippen molar-refractivity contribution >= 4 is 11.6 Å². The molecular weight excluding hydrogens is 328 g/mol. The molecule has 3 aromatic rings. The zero-order valence-corrected chi connectivity index (χ0v) is 15.2. The van der Waals surface area contributed by atoms with Gasteiger partial charge in [0.2, 0.25) is 0 Å². The van der Waals surface area contributed by atoms with Crippen LogP contribution in [-0.4, -0.2) is 17.5 Å². The number of aromatic nitrogens is 1. The fourth-order valence-corrected chi connectivity index (χ4v) is 2.58. The number of carbonyl (C=O) groups is 1. The lowest BCUT2D eigenvalue weighted by Crippen LogP contribution is -2.20. The van der Waals surface area contributed by atoms with Crippen LogP contribution in [-0.2, 0) is 4.79 Å². The Bertz CT molecular complexity index is 886. The topological polar surface area (TPSA) is 64.4 Å². The van der Waals surface area contributed by atoms with Gasteiger partial charge in [-0.1, -0.05) is 38.1 Å². The third-order valence-corrected chi connectivity index (χ3v) is 4.10. The number of hydrogen-bond donors (Lipinski definition) is 1. The minimum atomic E-state index is -0.214. The number of oxazole rings is 1. The maximum atomic E-state index is 12.2. The van der Waals surface area contributed by atoms with Crippen molar-refractivity contribution in [3.63, 3.8) is 0 Å². The highest BCUT2D eigenvalue weighted by atomic mass is 16.5. The van der Waals surface area contributed by atoms with Crippen molar-refractivity contribution in [2.24, 2.45) is 0 Å². The normalized spacial score (nSPS) is 10.8. The fourth-order valence-electron chi connectivity index (χ4n) is 2.58. The number of benzene rings is 2. The summed E-state index contributed by atoms with van der Waals surface area (Å²) in [6, 6.07) is 13.5. The summed E-state index contributed by atoms with van der Waals surface area (Å²) < 4.78 is 11.0. The molecule has 1 N–H and O–H groups in total. The number of ether oxygens (including phenoxy) is 1. The smallest absolute Gasteiger partial charge is 0.262 e. The molecular formula is C21H22N2O3. The minimum Gasteiger partial charge on any atom is -0.483 e. The Kier molecular flexibility index (Phi) is 5.37. The van der Waals surface area contributed by atoms with Crippen molar-refractivity contribution in [3.05, 3.63) is 66.2 Å². The van der Waals surface area contributed by atoms with Crippen molar-refractivity contribution in [2.45, 2.75) is 26.7 Å². The van der Waals surface area contributed by atoms with Crippen LogP contribution in [0, 0.1) is 6.92 Å². The summed E-state index contributed by atoms with van der Waals surface area (Å²) in [5.74, 6) is 1.58. The maximum absolute atomic E-state index is 12.2. The first kappa shape index (κ1) is 17.7. The molecule has 0 spiro atoms. The van der Waals surface area contributed by atoms with Crippen LogP contribution in [0.2, 0.25) is 0 Å². The molecule has 1 amide bonds. The number of hydrogen-bond acceptors (Lipinski definition) is 4. The molecule has 0 saturated carbocycles. The van der Waals surface area contributed by atoms with Gasteiger partial charge in [0.1, 0.15) is 5.75 Å². The van der Waals surface area contributed by atoms with E-state index in [-0.39, 0.29) is 12.5 Å². The van der Waals surface area contributed by atoms with Crippen LogP contribution in [0.15, 0.2) is 59.5 Å². The van der Waals surface area contributed by atoms with Crippen molar-refractivity contribution in [1.29, 1.82) is 0 Å². The Labute approximate surface area is 153 Å². The molecule has 3 rings (SSSR count). The Balaban J connectivity index is 1.63. The van der Waals surface area contributed by atoms with Gasteiger partial charge in [-0.3, -0.25) is 4.79 Å². The van der Waals surface area contributed by atoms with E-state index in [1.807, 2.05) is 43.3 Å². The van der Waals surface area contributed by atoms with E-state index in [4.69, 9.17) is 9.15 Å². The fraction of sp³-hybridized carbons (Fsp3) is 0.238. The van der Waals surface area contributed by atoms with Gasteiger partial charge >= 0.3 is 0 Å². The predicted octanol–water partition coefficient (Wildman–Crippen LogP) is 4.79. The number of anilines is 1. The van der Waals surface area contributed by atoms with E-state index < -0.39 is 0 Å². The molecule has 0 fully saturated rings. The second-order valence-electron chi connectivity index (χ2n) is 6.46. The lowest BCUT2D eigenvalue weighted by molar-refractivity contribution is -0.118. The second kappa shape index (κ2) is 7.87. The number of amides is 1. The molecule has 0 aliphatic heterocycles.